The number of carboxylic acid groups (broad SMARTS) is 1. The molecule has 0 aliphatic rings. The van der Waals surface area contributed by atoms with E-state index in [9.17, 15) is 4.79 Å². The van der Waals surface area contributed by atoms with Gasteiger partial charge in [-0.25, -0.2) is 4.98 Å². The first kappa shape index (κ1) is 10.4. The Labute approximate surface area is 92.6 Å². The van der Waals surface area contributed by atoms with Gasteiger partial charge in [0.05, 0.1) is 5.69 Å². The summed E-state index contributed by atoms with van der Waals surface area (Å²) in [4.78, 5) is 14.5. The van der Waals surface area contributed by atoms with Gasteiger partial charge in [-0.05, 0) is 5.56 Å². The first-order chi connectivity index (χ1) is 7.74. The maximum absolute atomic E-state index is 10.4. The molecule has 0 radical (unpaired) electrons. The summed E-state index contributed by atoms with van der Waals surface area (Å²) in [7, 11) is 0. The lowest BCUT2D eigenvalue weighted by atomic mass is 10.1. The van der Waals surface area contributed by atoms with Gasteiger partial charge in [-0.3, -0.25) is 4.79 Å². The van der Waals surface area contributed by atoms with Crippen LogP contribution in [0.5, 0.6) is 0 Å². The number of benzene rings is 1. The van der Waals surface area contributed by atoms with Crippen LogP contribution in [-0.4, -0.2) is 16.1 Å². The van der Waals surface area contributed by atoms with E-state index in [-0.39, 0.29) is 12.3 Å². The number of nitrogens with zero attached hydrogens (tertiary/aromatic N) is 1. The summed E-state index contributed by atoms with van der Waals surface area (Å²) >= 11 is 0. The molecule has 1 N–H and O–H groups in total. The molecule has 82 valence electrons. The Morgan fingerprint density at radius 3 is 2.75 bits per heavy atom. The Morgan fingerprint density at radius 2 is 2.06 bits per heavy atom. The number of aromatic nitrogens is 1. The van der Waals surface area contributed by atoms with Gasteiger partial charge in [0.25, 0.3) is 0 Å². The first-order valence-corrected chi connectivity index (χ1v) is 4.93. The minimum absolute atomic E-state index is 0.172. The summed E-state index contributed by atoms with van der Waals surface area (Å²) in [6.45, 7) is 0. The summed E-state index contributed by atoms with van der Waals surface area (Å²) in [5.74, 6) is -0.688. The molecule has 4 heteroatoms. The van der Waals surface area contributed by atoms with Crippen LogP contribution in [0.2, 0.25) is 0 Å². The normalized spacial score (nSPS) is 10.2. The molecule has 0 fully saturated rings. The second-order valence-corrected chi connectivity index (χ2v) is 3.47. The number of hydrogen-bond acceptors (Lipinski definition) is 3. The molecule has 2 aromatic rings. The molecule has 0 saturated carbocycles. The fraction of sp³-hybridized carbons (Fsp3) is 0.167. The van der Waals surface area contributed by atoms with Gasteiger partial charge in [0.1, 0.15) is 12.7 Å². The van der Waals surface area contributed by atoms with E-state index >= 15 is 0 Å². The zero-order valence-electron chi connectivity index (χ0n) is 8.59. The zero-order valence-corrected chi connectivity index (χ0v) is 8.59. The van der Waals surface area contributed by atoms with Crippen LogP contribution in [-0.2, 0) is 17.6 Å². The Bertz CT molecular complexity index is 476. The van der Waals surface area contributed by atoms with E-state index in [4.69, 9.17) is 9.52 Å². The van der Waals surface area contributed by atoms with E-state index in [1.807, 2.05) is 30.3 Å². The molecule has 0 amide bonds. The van der Waals surface area contributed by atoms with Crippen LogP contribution in [0.4, 0.5) is 0 Å². The summed E-state index contributed by atoms with van der Waals surface area (Å²) in [6, 6.07) is 9.83. The molecular weight excluding hydrogens is 206 g/mol. The molecule has 0 spiro atoms. The van der Waals surface area contributed by atoms with Crippen molar-refractivity contribution in [3.63, 3.8) is 0 Å². The first-order valence-electron chi connectivity index (χ1n) is 4.93. The van der Waals surface area contributed by atoms with Crippen LogP contribution < -0.4 is 0 Å². The average Bonchev–Trinajstić information content (AvgIpc) is 2.66. The molecule has 1 heterocycles. The Balaban J connectivity index is 2.06. The predicted molar refractivity (Wildman–Crippen MR) is 57.1 cm³/mol. The molecule has 0 bridgehead atoms. The maximum atomic E-state index is 10.4. The van der Waals surface area contributed by atoms with Crippen molar-refractivity contribution in [3.8, 4) is 0 Å². The molecule has 1 aromatic heterocycles. The number of oxazole rings is 1. The molecule has 0 aliphatic heterocycles. The standard InChI is InChI=1S/C12H11NO3/c14-12(15)7-11-13-10(8-16-11)6-9-4-2-1-3-5-9/h1-5,8H,6-7H2,(H,14,15). The van der Waals surface area contributed by atoms with Crippen molar-refractivity contribution in [2.75, 3.05) is 0 Å². The van der Waals surface area contributed by atoms with E-state index in [0.717, 1.165) is 11.3 Å². The van der Waals surface area contributed by atoms with E-state index in [2.05, 4.69) is 4.98 Å². The largest absolute Gasteiger partial charge is 0.481 e. The highest BCUT2D eigenvalue weighted by atomic mass is 16.4. The zero-order chi connectivity index (χ0) is 11.4. The minimum atomic E-state index is -0.937. The highest BCUT2D eigenvalue weighted by molar-refractivity contribution is 5.68. The third kappa shape index (κ3) is 2.70. The third-order valence-corrected chi connectivity index (χ3v) is 2.13. The fourth-order valence-corrected chi connectivity index (χ4v) is 1.45. The molecular formula is C12H11NO3. The second kappa shape index (κ2) is 4.61. The number of aliphatic carboxylic acids is 1. The van der Waals surface area contributed by atoms with Gasteiger partial charge in [-0.1, -0.05) is 30.3 Å². The molecule has 2 rings (SSSR count). The van der Waals surface area contributed by atoms with Gasteiger partial charge in [-0.2, -0.15) is 0 Å². The van der Waals surface area contributed by atoms with Crippen molar-refractivity contribution in [1.82, 2.24) is 4.98 Å². The van der Waals surface area contributed by atoms with Gasteiger partial charge in [0.15, 0.2) is 0 Å². The summed E-state index contributed by atoms with van der Waals surface area (Å²) in [6.07, 6.45) is 1.99. The van der Waals surface area contributed by atoms with Crippen LogP contribution in [0, 0.1) is 0 Å². The number of carboxylic acids is 1. The summed E-state index contributed by atoms with van der Waals surface area (Å²) < 4.78 is 5.06. The quantitative estimate of drug-likeness (QED) is 0.849. The van der Waals surface area contributed by atoms with Crippen LogP contribution in [0.25, 0.3) is 0 Å². The molecule has 0 unspecified atom stereocenters. The van der Waals surface area contributed by atoms with Crippen molar-refractivity contribution < 1.29 is 14.3 Å². The minimum Gasteiger partial charge on any atom is -0.481 e. The van der Waals surface area contributed by atoms with E-state index in [1.54, 1.807) is 0 Å². The molecule has 0 saturated heterocycles. The van der Waals surface area contributed by atoms with Crippen LogP contribution in [0.15, 0.2) is 41.0 Å². The molecule has 0 atom stereocenters. The van der Waals surface area contributed by atoms with Gasteiger partial charge < -0.3 is 9.52 Å². The lowest BCUT2D eigenvalue weighted by Gasteiger charge is -1.95. The topological polar surface area (TPSA) is 63.3 Å². The Morgan fingerprint density at radius 1 is 1.31 bits per heavy atom. The van der Waals surface area contributed by atoms with Crippen molar-refractivity contribution in [3.05, 3.63) is 53.7 Å². The number of carbonyl (C=O) groups is 1. The number of hydrogen-bond donors (Lipinski definition) is 1. The van der Waals surface area contributed by atoms with E-state index in [0.29, 0.717) is 6.42 Å². The highest BCUT2D eigenvalue weighted by Crippen LogP contribution is 2.09. The Hall–Kier alpha value is -2.10. The van der Waals surface area contributed by atoms with E-state index in [1.165, 1.54) is 6.26 Å². The maximum Gasteiger partial charge on any atom is 0.312 e. The smallest absolute Gasteiger partial charge is 0.312 e. The lowest BCUT2D eigenvalue weighted by Crippen LogP contribution is -2.00. The van der Waals surface area contributed by atoms with Crippen molar-refractivity contribution in [1.29, 1.82) is 0 Å². The van der Waals surface area contributed by atoms with Gasteiger partial charge >= 0.3 is 5.97 Å². The predicted octanol–water partition coefficient (Wildman–Crippen LogP) is 1.89. The molecule has 16 heavy (non-hydrogen) atoms. The van der Waals surface area contributed by atoms with Crippen LogP contribution in [0.1, 0.15) is 17.1 Å². The van der Waals surface area contributed by atoms with E-state index < -0.39 is 5.97 Å². The SMILES string of the molecule is O=C(O)Cc1nc(Cc2ccccc2)co1. The fourth-order valence-electron chi connectivity index (χ4n) is 1.45. The third-order valence-electron chi connectivity index (χ3n) is 2.13. The Kier molecular flexibility index (Phi) is 3.00. The monoisotopic (exact) mass is 217 g/mol. The van der Waals surface area contributed by atoms with Crippen molar-refractivity contribution >= 4 is 5.97 Å². The summed E-state index contributed by atoms with van der Waals surface area (Å²) in [5, 5.41) is 8.57. The average molecular weight is 217 g/mol. The number of rotatable bonds is 4. The molecule has 0 aliphatic carbocycles. The van der Waals surface area contributed by atoms with Gasteiger partial charge in [0, 0.05) is 6.42 Å². The second-order valence-electron chi connectivity index (χ2n) is 3.47. The van der Waals surface area contributed by atoms with Gasteiger partial charge in [0.2, 0.25) is 5.89 Å². The highest BCUT2D eigenvalue weighted by Gasteiger charge is 2.08. The van der Waals surface area contributed by atoms with Crippen molar-refractivity contribution in [2.45, 2.75) is 12.8 Å². The van der Waals surface area contributed by atoms with Crippen LogP contribution >= 0.6 is 0 Å². The molecule has 1 aromatic carbocycles. The van der Waals surface area contributed by atoms with Gasteiger partial charge in [-0.15, -0.1) is 0 Å². The summed E-state index contributed by atoms with van der Waals surface area (Å²) in [5.41, 5.74) is 1.88. The lowest BCUT2D eigenvalue weighted by molar-refractivity contribution is -0.136. The van der Waals surface area contributed by atoms with Crippen LogP contribution in [0.3, 0.4) is 0 Å². The molecule has 4 nitrogen and oxygen atoms in total. The van der Waals surface area contributed by atoms with Crippen molar-refractivity contribution in [2.24, 2.45) is 0 Å².